The van der Waals surface area contributed by atoms with E-state index in [1.807, 2.05) is 0 Å². The fourth-order valence-corrected chi connectivity index (χ4v) is 1.14. The zero-order chi connectivity index (χ0) is 15.1. The van der Waals surface area contributed by atoms with Crippen LogP contribution in [0.2, 0.25) is 0 Å². The number of hydrogen-bond donors (Lipinski definition) is 2. The first-order chi connectivity index (χ1) is 8.68. The van der Waals surface area contributed by atoms with Crippen LogP contribution in [0.5, 0.6) is 0 Å². The average Bonchev–Trinajstić information content (AvgIpc) is 2.25. The SMILES string of the molecule is CCOC(=O)C(C)OC(=O)CCC(N)(O)OC(C)=O. The van der Waals surface area contributed by atoms with Crippen molar-refractivity contribution in [2.45, 2.75) is 45.6 Å². The van der Waals surface area contributed by atoms with Gasteiger partial charge in [0.1, 0.15) is 0 Å². The Labute approximate surface area is 110 Å². The molecule has 0 aromatic rings. The molecule has 2 atom stereocenters. The van der Waals surface area contributed by atoms with Crippen molar-refractivity contribution >= 4 is 17.9 Å². The van der Waals surface area contributed by atoms with E-state index in [4.69, 9.17) is 10.5 Å². The van der Waals surface area contributed by atoms with Gasteiger partial charge in [-0.15, -0.1) is 0 Å². The van der Waals surface area contributed by atoms with Crippen molar-refractivity contribution in [3.05, 3.63) is 0 Å². The summed E-state index contributed by atoms with van der Waals surface area (Å²) < 4.78 is 13.8. The third kappa shape index (κ3) is 8.11. The molecule has 0 rings (SSSR count). The molecule has 0 aromatic carbocycles. The second kappa shape index (κ2) is 7.70. The number of esters is 3. The number of carbonyl (C=O) groups excluding carboxylic acids is 3. The molecule has 19 heavy (non-hydrogen) atoms. The molecular formula is C11H19NO7. The van der Waals surface area contributed by atoms with Crippen molar-refractivity contribution < 1.29 is 33.7 Å². The second-order valence-electron chi connectivity index (χ2n) is 3.82. The Kier molecular flexibility index (Phi) is 7.02. The van der Waals surface area contributed by atoms with E-state index in [1.165, 1.54) is 6.92 Å². The van der Waals surface area contributed by atoms with E-state index in [9.17, 15) is 19.5 Å². The molecule has 0 radical (unpaired) electrons. The number of aliphatic hydroxyl groups is 1. The predicted octanol–water partition coefficient (Wildman–Crippen LogP) is -0.571. The molecule has 0 saturated carbocycles. The molecule has 2 unspecified atom stereocenters. The van der Waals surface area contributed by atoms with Crippen molar-refractivity contribution in [1.29, 1.82) is 0 Å². The lowest BCUT2D eigenvalue weighted by atomic mass is 10.2. The normalized spacial score (nSPS) is 15.0. The van der Waals surface area contributed by atoms with Gasteiger partial charge in [0.2, 0.25) is 0 Å². The first-order valence-corrected chi connectivity index (χ1v) is 5.75. The first kappa shape index (κ1) is 17.3. The maximum atomic E-state index is 11.4. The molecule has 0 amide bonds. The summed E-state index contributed by atoms with van der Waals surface area (Å²) in [6.07, 6.45) is -1.71. The first-order valence-electron chi connectivity index (χ1n) is 5.75. The molecule has 0 saturated heterocycles. The second-order valence-corrected chi connectivity index (χ2v) is 3.82. The standard InChI is InChI=1S/C11H19NO7/c1-4-17-10(15)7(2)18-9(14)5-6-11(12,16)19-8(3)13/h7,16H,4-6,12H2,1-3H3. The molecule has 0 aromatic heterocycles. The van der Waals surface area contributed by atoms with E-state index in [0.29, 0.717) is 0 Å². The Balaban J connectivity index is 4.11. The van der Waals surface area contributed by atoms with Crippen LogP contribution in [0.25, 0.3) is 0 Å². The van der Waals surface area contributed by atoms with Crippen molar-refractivity contribution in [1.82, 2.24) is 0 Å². The summed E-state index contributed by atoms with van der Waals surface area (Å²) in [6, 6.07) is 0. The smallest absolute Gasteiger partial charge is 0.347 e. The van der Waals surface area contributed by atoms with Crippen LogP contribution in [0.15, 0.2) is 0 Å². The molecule has 0 spiro atoms. The van der Waals surface area contributed by atoms with E-state index >= 15 is 0 Å². The zero-order valence-corrected chi connectivity index (χ0v) is 11.2. The van der Waals surface area contributed by atoms with Crippen LogP contribution >= 0.6 is 0 Å². The lowest BCUT2D eigenvalue weighted by Gasteiger charge is -2.21. The Morgan fingerprint density at radius 3 is 2.42 bits per heavy atom. The van der Waals surface area contributed by atoms with Crippen molar-refractivity contribution in [3.8, 4) is 0 Å². The Morgan fingerprint density at radius 2 is 1.95 bits per heavy atom. The maximum Gasteiger partial charge on any atom is 0.347 e. The fourth-order valence-electron chi connectivity index (χ4n) is 1.14. The average molecular weight is 277 g/mol. The molecule has 8 nitrogen and oxygen atoms in total. The molecule has 0 aliphatic heterocycles. The predicted molar refractivity (Wildman–Crippen MR) is 62.3 cm³/mol. The minimum Gasteiger partial charge on any atom is -0.463 e. The molecule has 0 aliphatic rings. The van der Waals surface area contributed by atoms with Crippen LogP contribution in [-0.4, -0.2) is 41.6 Å². The van der Waals surface area contributed by atoms with Gasteiger partial charge in [-0.05, 0) is 13.8 Å². The molecule has 0 heterocycles. The summed E-state index contributed by atoms with van der Waals surface area (Å²) in [5, 5.41) is 9.40. The number of nitrogens with two attached hydrogens (primary N) is 1. The highest BCUT2D eigenvalue weighted by Gasteiger charge is 2.27. The lowest BCUT2D eigenvalue weighted by molar-refractivity contribution is -0.209. The molecule has 3 N–H and O–H groups in total. The van der Waals surface area contributed by atoms with Crippen molar-refractivity contribution in [3.63, 3.8) is 0 Å². The van der Waals surface area contributed by atoms with Gasteiger partial charge in [0, 0.05) is 13.3 Å². The van der Waals surface area contributed by atoms with E-state index in [1.54, 1.807) is 6.92 Å². The van der Waals surface area contributed by atoms with Crippen LogP contribution in [0, 0.1) is 0 Å². The molecule has 0 fully saturated rings. The molecule has 110 valence electrons. The van der Waals surface area contributed by atoms with Crippen LogP contribution < -0.4 is 5.73 Å². The van der Waals surface area contributed by atoms with Crippen molar-refractivity contribution in [2.75, 3.05) is 6.61 Å². The fraction of sp³-hybridized carbons (Fsp3) is 0.727. The van der Waals surface area contributed by atoms with Gasteiger partial charge < -0.3 is 19.3 Å². The van der Waals surface area contributed by atoms with Gasteiger partial charge in [0.05, 0.1) is 13.0 Å². The van der Waals surface area contributed by atoms with E-state index in [-0.39, 0.29) is 19.4 Å². The Morgan fingerprint density at radius 1 is 1.37 bits per heavy atom. The highest BCUT2D eigenvalue weighted by molar-refractivity contribution is 5.79. The lowest BCUT2D eigenvalue weighted by Crippen LogP contribution is -2.44. The summed E-state index contributed by atoms with van der Waals surface area (Å²) in [5.74, 6) is -4.45. The number of ether oxygens (including phenoxy) is 3. The van der Waals surface area contributed by atoms with E-state index in [2.05, 4.69) is 9.47 Å². The molecule has 8 heteroatoms. The van der Waals surface area contributed by atoms with Gasteiger partial charge in [-0.3, -0.25) is 15.3 Å². The summed E-state index contributed by atoms with van der Waals surface area (Å²) in [7, 11) is 0. The monoisotopic (exact) mass is 277 g/mol. The van der Waals surface area contributed by atoms with Crippen molar-refractivity contribution in [2.24, 2.45) is 5.73 Å². The maximum absolute atomic E-state index is 11.4. The number of rotatable bonds is 7. The number of carbonyl (C=O) groups is 3. The topological polar surface area (TPSA) is 125 Å². The summed E-state index contributed by atoms with van der Waals surface area (Å²) in [6.45, 7) is 4.23. The van der Waals surface area contributed by atoms with Crippen LogP contribution in [-0.2, 0) is 28.6 Å². The zero-order valence-electron chi connectivity index (χ0n) is 11.2. The molecule has 0 aliphatic carbocycles. The van der Waals surface area contributed by atoms with E-state index < -0.39 is 29.9 Å². The Bertz CT molecular complexity index is 340. The molecular weight excluding hydrogens is 258 g/mol. The van der Waals surface area contributed by atoms with E-state index in [0.717, 1.165) is 6.92 Å². The summed E-state index contributed by atoms with van der Waals surface area (Å²) in [5.41, 5.74) is 5.22. The quantitative estimate of drug-likeness (QED) is 0.360. The van der Waals surface area contributed by atoms with Gasteiger partial charge in [0.15, 0.2) is 6.10 Å². The summed E-state index contributed by atoms with van der Waals surface area (Å²) >= 11 is 0. The van der Waals surface area contributed by atoms with Gasteiger partial charge in [-0.25, -0.2) is 4.79 Å². The van der Waals surface area contributed by atoms with Crippen LogP contribution in [0.1, 0.15) is 33.6 Å². The van der Waals surface area contributed by atoms with Gasteiger partial charge in [-0.2, -0.15) is 0 Å². The summed E-state index contributed by atoms with van der Waals surface area (Å²) in [4.78, 5) is 33.1. The molecule has 0 bridgehead atoms. The largest absolute Gasteiger partial charge is 0.463 e. The third-order valence-corrected chi connectivity index (χ3v) is 1.93. The van der Waals surface area contributed by atoms with Crippen LogP contribution in [0.3, 0.4) is 0 Å². The van der Waals surface area contributed by atoms with Gasteiger partial charge in [-0.1, -0.05) is 0 Å². The minimum atomic E-state index is -2.24. The highest BCUT2D eigenvalue weighted by Crippen LogP contribution is 2.10. The Hall–Kier alpha value is -1.67. The minimum absolute atomic E-state index is 0.176. The van der Waals surface area contributed by atoms with Crippen LogP contribution in [0.4, 0.5) is 0 Å². The highest BCUT2D eigenvalue weighted by atomic mass is 16.7. The van der Waals surface area contributed by atoms with Gasteiger partial charge >= 0.3 is 17.9 Å². The third-order valence-electron chi connectivity index (χ3n) is 1.93. The number of hydrogen-bond acceptors (Lipinski definition) is 8. The van der Waals surface area contributed by atoms with Gasteiger partial charge in [0.25, 0.3) is 5.91 Å².